The Morgan fingerprint density at radius 2 is 2.00 bits per heavy atom. The Morgan fingerprint density at radius 3 is 2.58 bits per heavy atom. The second-order valence-corrected chi connectivity index (χ2v) is 5.51. The molecule has 1 aromatic heterocycles. The smallest absolute Gasteiger partial charge is 0.244 e. The molecule has 0 spiro atoms. The van der Waals surface area contributed by atoms with Gasteiger partial charge in [0.2, 0.25) is 11.9 Å². The molecule has 0 atom stereocenters. The fourth-order valence-corrected chi connectivity index (χ4v) is 1.75. The number of aromatic nitrogens is 3. The van der Waals surface area contributed by atoms with Gasteiger partial charge in [0.25, 0.3) is 0 Å². The molecule has 0 aliphatic carbocycles. The van der Waals surface area contributed by atoms with E-state index < -0.39 is 0 Å². The first-order chi connectivity index (χ1) is 8.76. The number of rotatable bonds is 2. The molecule has 0 radical (unpaired) electrons. The van der Waals surface area contributed by atoms with Gasteiger partial charge in [-0.05, 0) is 51.5 Å². The van der Waals surface area contributed by atoms with Gasteiger partial charge in [-0.25, -0.2) is 4.39 Å². The second-order valence-electron chi connectivity index (χ2n) is 5.51. The van der Waals surface area contributed by atoms with Crippen molar-refractivity contribution in [1.29, 1.82) is 0 Å². The predicted molar refractivity (Wildman–Crippen MR) is 73.8 cm³/mol. The largest absolute Gasteiger partial charge is 0.368 e. The van der Waals surface area contributed by atoms with Crippen molar-refractivity contribution in [2.24, 2.45) is 0 Å². The SMILES string of the molecule is Cc1cc(F)ccc1-n1nc(NC(C)(C)C)nc1N. The van der Waals surface area contributed by atoms with Crippen LogP contribution in [0.25, 0.3) is 5.69 Å². The molecule has 0 saturated heterocycles. The molecule has 2 rings (SSSR count). The molecule has 3 N–H and O–H groups in total. The number of hydrogen-bond acceptors (Lipinski definition) is 4. The van der Waals surface area contributed by atoms with Crippen LogP contribution in [0.5, 0.6) is 0 Å². The lowest BCUT2D eigenvalue weighted by atomic mass is 10.1. The summed E-state index contributed by atoms with van der Waals surface area (Å²) in [7, 11) is 0. The van der Waals surface area contributed by atoms with Crippen molar-refractivity contribution in [3.63, 3.8) is 0 Å². The zero-order chi connectivity index (χ0) is 14.2. The first-order valence-corrected chi connectivity index (χ1v) is 6.03. The van der Waals surface area contributed by atoms with Gasteiger partial charge in [0, 0.05) is 5.54 Å². The van der Waals surface area contributed by atoms with Gasteiger partial charge in [-0.1, -0.05) is 0 Å². The minimum absolute atomic E-state index is 0.156. The van der Waals surface area contributed by atoms with Crippen LogP contribution in [0.2, 0.25) is 0 Å². The van der Waals surface area contributed by atoms with E-state index in [1.807, 2.05) is 20.8 Å². The zero-order valence-corrected chi connectivity index (χ0v) is 11.5. The van der Waals surface area contributed by atoms with Crippen molar-refractivity contribution in [3.8, 4) is 5.69 Å². The van der Waals surface area contributed by atoms with Crippen LogP contribution in [0.4, 0.5) is 16.3 Å². The molecule has 0 fully saturated rings. The number of nitrogens with zero attached hydrogens (tertiary/aromatic N) is 3. The highest BCUT2D eigenvalue weighted by molar-refractivity contribution is 5.46. The van der Waals surface area contributed by atoms with Crippen molar-refractivity contribution < 1.29 is 4.39 Å². The van der Waals surface area contributed by atoms with Gasteiger partial charge in [0.05, 0.1) is 5.69 Å². The molecule has 1 aromatic carbocycles. The van der Waals surface area contributed by atoms with Crippen molar-refractivity contribution in [1.82, 2.24) is 14.8 Å². The lowest BCUT2D eigenvalue weighted by Crippen LogP contribution is -2.26. The second kappa shape index (κ2) is 4.53. The van der Waals surface area contributed by atoms with E-state index in [1.165, 1.54) is 16.8 Å². The van der Waals surface area contributed by atoms with Gasteiger partial charge in [-0.2, -0.15) is 9.67 Å². The predicted octanol–water partition coefficient (Wildman–Crippen LogP) is 2.51. The quantitative estimate of drug-likeness (QED) is 0.873. The average molecular weight is 263 g/mol. The summed E-state index contributed by atoms with van der Waals surface area (Å²) in [6.45, 7) is 7.82. The lowest BCUT2D eigenvalue weighted by molar-refractivity contribution is 0.624. The molecular formula is C13H18FN5. The van der Waals surface area contributed by atoms with Gasteiger partial charge in [-0.3, -0.25) is 0 Å². The van der Waals surface area contributed by atoms with Gasteiger partial charge >= 0.3 is 0 Å². The number of halogens is 1. The van der Waals surface area contributed by atoms with Gasteiger partial charge in [0.15, 0.2) is 0 Å². The molecule has 19 heavy (non-hydrogen) atoms. The first kappa shape index (κ1) is 13.3. The Hall–Kier alpha value is -2.11. The highest BCUT2D eigenvalue weighted by Crippen LogP contribution is 2.19. The van der Waals surface area contributed by atoms with E-state index in [1.54, 1.807) is 13.0 Å². The first-order valence-electron chi connectivity index (χ1n) is 6.03. The van der Waals surface area contributed by atoms with Crippen LogP contribution in [-0.4, -0.2) is 20.3 Å². The molecule has 0 bridgehead atoms. The van der Waals surface area contributed by atoms with Crippen LogP contribution in [0.15, 0.2) is 18.2 Å². The summed E-state index contributed by atoms with van der Waals surface area (Å²) in [6, 6.07) is 4.45. The summed E-state index contributed by atoms with van der Waals surface area (Å²) in [5.74, 6) is 0.433. The van der Waals surface area contributed by atoms with Crippen LogP contribution in [-0.2, 0) is 0 Å². The number of nitrogen functional groups attached to an aromatic ring is 1. The van der Waals surface area contributed by atoms with Crippen molar-refractivity contribution >= 4 is 11.9 Å². The molecule has 1 heterocycles. The van der Waals surface area contributed by atoms with E-state index in [0.29, 0.717) is 11.6 Å². The molecule has 0 aliphatic rings. The minimum atomic E-state index is -0.284. The molecule has 6 heteroatoms. The van der Waals surface area contributed by atoms with E-state index >= 15 is 0 Å². The monoisotopic (exact) mass is 263 g/mol. The Kier molecular flexibility index (Phi) is 3.18. The van der Waals surface area contributed by atoms with Crippen molar-refractivity contribution in [2.75, 3.05) is 11.1 Å². The Balaban J connectivity index is 2.40. The highest BCUT2D eigenvalue weighted by atomic mass is 19.1. The van der Waals surface area contributed by atoms with Crippen LogP contribution in [0.3, 0.4) is 0 Å². The number of benzene rings is 1. The fourth-order valence-electron chi connectivity index (χ4n) is 1.75. The summed E-state index contributed by atoms with van der Waals surface area (Å²) in [5, 5.41) is 7.45. The Labute approximate surface area is 111 Å². The summed E-state index contributed by atoms with van der Waals surface area (Å²) in [4.78, 5) is 4.16. The maximum absolute atomic E-state index is 13.1. The molecule has 0 amide bonds. The average Bonchev–Trinajstić information content (AvgIpc) is 2.56. The molecule has 2 aromatic rings. The van der Waals surface area contributed by atoms with Crippen molar-refractivity contribution in [2.45, 2.75) is 33.2 Å². The van der Waals surface area contributed by atoms with Crippen molar-refractivity contribution in [3.05, 3.63) is 29.6 Å². The molecule has 0 unspecified atom stereocenters. The van der Waals surface area contributed by atoms with Crippen LogP contribution < -0.4 is 11.1 Å². The van der Waals surface area contributed by atoms with E-state index in [0.717, 1.165) is 5.56 Å². The maximum Gasteiger partial charge on any atom is 0.244 e. The number of hydrogen-bond donors (Lipinski definition) is 2. The third-order valence-corrected chi connectivity index (χ3v) is 2.51. The number of nitrogens with one attached hydrogen (secondary N) is 1. The molecular weight excluding hydrogens is 245 g/mol. The number of anilines is 2. The molecule has 5 nitrogen and oxygen atoms in total. The molecule has 0 aliphatic heterocycles. The summed E-state index contributed by atoms with van der Waals surface area (Å²) in [6.07, 6.45) is 0. The number of nitrogens with two attached hydrogens (primary N) is 1. The summed E-state index contributed by atoms with van der Waals surface area (Å²) in [5.41, 5.74) is 7.16. The van der Waals surface area contributed by atoms with E-state index in [9.17, 15) is 4.39 Å². The lowest BCUT2D eigenvalue weighted by Gasteiger charge is -2.18. The van der Waals surface area contributed by atoms with E-state index in [4.69, 9.17) is 5.73 Å². The normalized spacial score (nSPS) is 11.6. The maximum atomic E-state index is 13.1. The topological polar surface area (TPSA) is 68.8 Å². The standard InChI is InChI=1S/C13H18FN5/c1-8-7-9(14)5-6-10(8)19-11(15)16-12(18-19)17-13(2,3)4/h5-7H,1-4H3,(H3,15,16,17,18). The van der Waals surface area contributed by atoms with Gasteiger partial charge in [0.1, 0.15) is 5.82 Å². The van der Waals surface area contributed by atoms with E-state index in [2.05, 4.69) is 15.4 Å². The van der Waals surface area contributed by atoms with Crippen LogP contribution in [0, 0.1) is 12.7 Å². The van der Waals surface area contributed by atoms with Gasteiger partial charge < -0.3 is 11.1 Å². The third-order valence-electron chi connectivity index (χ3n) is 2.51. The van der Waals surface area contributed by atoms with Crippen LogP contribution in [0.1, 0.15) is 26.3 Å². The Bertz CT molecular complexity index is 598. The van der Waals surface area contributed by atoms with Gasteiger partial charge in [-0.15, -0.1) is 5.10 Å². The zero-order valence-electron chi connectivity index (χ0n) is 11.5. The Morgan fingerprint density at radius 1 is 1.32 bits per heavy atom. The highest BCUT2D eigenvalue weighted by Gasteiger charge is 2.16. The summed E-state index contributed by atoms with van der Waals surface area (Å²) >= 11 is 0. The molecule has 102 valence electrons. The fraction of sp³-hybridized carbons (Fsp3) is 0.385. The minimum Gasteiger partial charge on any atom is -0.368 e. The van der Waals surface area contributed by atoms with E-state index in [-0.39, 0.29) is 17.3 Å². The third kappa shape index (κ3) is 3.01. The number of aryl methyl sites for hydroxylation is 1. The molecule has 0 saturated carbocycles. The van der Waals surface area contributed by atoms with Crippen LogP contribution >= 0.6 is 0 Å². The summed E-state index contributed by atoms with van der Waals surface area (Å²) < 4.78 is 14.6.